The lowest BCUT2D eigenvalue weighted by atomic mass is 10.2. The maximum Gasteiger partial charge on any atom is 0.318 e. The van der Waals surface area contributed by atoms with E-state index in [9.17, 15) is 19.3 Å². The van der Waals surface area contributed by atoms with Crippen LogP contribution in [0.4, 0.5) is 15.9 Å². The molecule has 10 heteroatoms. The van der Waals surface area contributed by atoms with E-state index in [1.165, 1.54) is 48.7 Å². The number of hydrogen-bond donors (Lipinski definition) is 3. The van der Waals surface area contributed by atoms with Crippen LogP contribution in [0.15, 0.2) is 66.9 Å². The Bertz CT molecular complexity index is 1310. The molecule has 0 aliphatic heterocycles. The zero-order chi connectivity index (χ0) is 22.0. The number of benzene rings is 2. The topological polar surface area (TPSA) is 120 Å². The zero-order valence-corrected chi connectivity index (χ0v) is 15.8. The van der Waals surface area contributed by atoms with Crippen LogP contribution in [0.5, 0.6) is 0 Å². The average Bonchev–Trinajstić information content (AvgIpc) is 3.10. The third-order valence-corrected chi connectivity index (χ3v) is 4.41. The van der Waals surface area contributed by atoms with Crippen LogP contribution in [0.2, 0.25) is 0 Å². The normalized spacial score (nSPS) is 11.1. The summed E-state index contributed by atoms with van der Waals surface area (Å²) in [7, 11) is 0. The molecule has 0 spiro atoms. The first-order chi connectivity index (χ1) is 14.9. The molecule has 0 unspecified atom stereocenters. The Morgan fingerprint density at radius 1 is 1.13 bits per heavy atom. The van der Waals surface area contributed by atoms with Gasteiger partial charge in [-0.1, -0.05) is 12.1 Å². The van der Waals surface area contributed by atoms with Crippen molar-refractivity contribution in [3.63, 3.8) is 0 Å². The molecule has 154 valence electrons. The fourth-order valence-corrected chi connectivity index (χ4v) is 2.87. The van der Waals surface area contributed by atoms with E-state index in [4.69, 9.17) is 5.21 Å². The standard InChI is InChI=1S/C21H14FN5O4/c22-15-5-1-13(2-6-15)3-10-20(28)25-19-9-4-14(12-23-19)21-24-17-8-7-16(27(30)31)11-18(17)26(21)29/h1-12,29H,(H-,23,24,25,28,30,31)/p+1/b10-3+. The number of nitrogens with zero attached hydrogens (tertiary/aromatic N) is 4. The quantitative estimate of drug-likeness (QED) is 0.256. The van der Waals surface area contributed by atoms with Gasteiger partial charge in [0, 0.05) is 30.0 Å². The van der Waals surface area contributed by atoms with Crippen molar-refractivity contribution in [2.45, 2.75) is 0 Å². The molecule has 2 heterocycles. The summed E-state index contributed by atoms with van der Waals surface area (Å²) in [6.07, 6.45) is 4.26. The molecule has 0 atom stereocenters. The fraction of sp³-hybridized carbons (Fsp3) is 0. The second-order valence-corrected chi connectivity index (χ2v) is 6.50. The number of carbonyl (C=O) groups is 1. The molecule has 4 aromatic rings. The van der Waals surface area contributed by atoms with Crippen molar-refractivity contribution >= 4 is 34.5 Å². The Labute approximate surface area is 174 Å². The van der Waals surface area contributed by atoms with Crippen LogP contribution in [0, 0.1) is 10.7 Å². The number of pyridine rings is 1. The van der Waals surface area contributed by atoms with E-state index in [2.05, 4.69) is 15.3 Å². The second-order valence-electron chi connectivity index (χ2n) is 6.50. The minimum absolute atomic E-state index is 0.0564. The highest BCUT2D eigenvalue weighted by Crippen LogP contribution is 2.26. The molecule has 0 radical (unpaired) electrons. The molecule has 0 saturated carbocycles. The maximum atomic E-state index is 12.9. The molecular formula is C21H15FN5O4+. The van der Waals surface area contributed by atoms with Crippen LogP contribution in [0.3, 0.4) is 0 Å². The number of hydrogen-bond acceptors (Lipinski definition) is 5. The summed E-state index contributed by atoms with van der Waals surface area (Å²) in [6, 6.07) is 13.0. The van der Waals surface area contributed by atoms with Gasteiger partial charge in [-0.05, 0) is 42.0 Å². The summed E-state index contributed by atoms with van der Waals surface area (Å²) in [4.78, 5) is 31.2. The van der Waals surface area contributed by atoms with Crippen molar-refractivity contribution in [3.8, 4) is 11.4 Å². The summed E-state index contributed by atoms with van der Waals surface area (Å²) in [5.41, 5.74) is 1.71. The number of fused-ring (bicyclic) bond motifs is 1. The third-order valence-electron chi connectivity index (χ3n) is 4.41. The lowest BCUT2D eigenvalue weighted by molar-refractivity contribution is -0.729. The molecule has 0 aliphatic rings. The lowest BCUT2D eigenvalue weighted by Gasteiger charge is -2.04. The number of rotatable bonds is 5. The van der Waals surface area contributed by atoms with Crippen LogP contribution in [0.25, 0.3) is 28.5 Å². The summed E-state index contributed by atoms with van der Waals surface area (Å²) >= 11 is 0. The first kappa shape index (κ1) is 19.7. The number of halogens is 1. The van der Waals surface area contributed by atoms with Crippen molar-refractivity contribution in [2.75, 3.05) is 5.32 Å². The van der Waals surface area contributed by atoms with Gasteiger partial charge in [0.2, 0.25) is 5.91 Å². The van der Waals surface area contributed by atoms with E-state index in [1.807, 2.05) is 0 Å². The van der Waals surface area contributed by atoms with E-state index in [0.717, 1.165) is 4.73 Å². The van der Waals surface area contributed by atoms with E-state index < -0.39 is 5.91 Å². The fourth-order valence-electron chi connectivity index (χ4n) is 2.87. The van der Waals surface area contributed by atoms with Crippen molar-refractivity contribution in [1.29, 1.82) is 0 Å². The first-order valence-electron chi connectivity index (χ1n) is 8.99. The minimum Gasteiger partial charge on any atom is -0.426 e. The Hall–Kier alpha value is -4.60. The molecule has 0 fully saturated rings. The van der Waals surface area contributed by atoms with Crippen molar-refractivity contribution in [3.05, 3.63) is 83.2 Å². The lowest BCUT2D eigenvalue weighted by Crippen LogP contribution is -2.09. The molecule has 9 nitrogen and oxygen atoms in total. The van der Waals surface area contributed by atoms with Crippen LogP contribution >= 0.6 is 0 Å². The first-order valence-corrected chi connectivity index (χ1v) is 8.99. The Morgan fingerprint density at radius 2 is 1.90 bits per heavy atom. The van der Waals surface area contributed by atoms with E-state index in [1.54, 1.807) is 24.3 Å². The largest absolute Gasteiger partial charge is 0.426 e. The summed E-state index contributed by atoms with van der Waals surface area (Å²) in [6.45, 7) is 0. The molecule has 0 bridgehead atoms. The molecule has 4 rings (SSSR count). The third kappa shape index (κ3) is 4.22. The molecule has 0 aliphatic carbocycles. The average molecular weight is 420 g/mol. The molecular weight excluding hydrogens is 405 g/mol. The number of amides is 1. The van der Waals surface area contributed by atoms with Gasteiger partial charge in [0.1, 0.15) is 17.2 Å². The van der Waals surface area contributed by atoms with Gasteiger partial charge in [0.05, 0.1) is 10.4 Å². The van der Waals surface area contributed by atoms with Crippen LogP contribution in [0.1, 0.15) is 5.56 Å². The Balaban J connectivity index is 1.50. The van der Waals surface area contributed by atoms with Gasteiger partial charge in [-0.3, -0.25) is 4.79 Å². The summed E-state index contributed by atoms with van der Waals surface area (Å²) < 4.78 is 13.7. The highest BCUT2D eigenvalue weighted by molar-refractivity contribution is 6.01. The highest BCUT2D eigenvalue weighted by Gasteiger charge is 2.18. The van der Waals surface area contributed by atoms with Gasteiger partial charge in [-0.15, -0.1) is 0 Å². The maximum absolute atomic E-state index is 12.9. The summed E-state index contributed by atoms with van der Waals surface area (Å²) in [5, 5.41) is 22.0. The van der Waals surface area contributed by atoms with Crippen LogP contribution < -0.4 is 5.32 Å². The molecule has 2 aromatic heterocycles. The number of anilines is 1. The zero-order valence-electron chi connectivity index (χ0n) is 15.8. The van der Waals surface area contributed by atoms with E-state index in [-0.39, 0.29) is 33.6 Å². The van der Waals surface area contributed by atoms with Gasteiger partial charge in [-0.2, -0.15) is 4.73 Å². The van der Waals surface area contributed by atoms with Gasteiger partial charge >= 0.3 is 5.69 Å². The Morgan fingerprint density at radius 3 is 2.58 bits per heavy atom. The number of nitrogens with one attached hydrogen (secondary N) is 1. The molecule has 31 heavy (non-hydrogen) atoms. The number of imidazole rings is 1. The van der Waals surface area contributed by atoms with E-state index >= 15 is 0 Å². The monoisotopic (exact) mass is 420 g/mol. The van der Waals surface area contributed by atoms with E-state index in [0.29, 0.717) is 16.6 Å². The molecule has 2 aromatic carbocycles. The summed E-state index contributed by atoms with van der Waals surface area (Å²) in [5.74, 6) is -0.326. The molecule has 1 amide bonds. The highest BCUT2D eigenvalue weighted by atomic mass is 19.1. The van der Waals surface area contributed by atoms with Gasteiger partial charge < -0.3 is 10.5 Å². The number of aromatic nitrogens is 3. The number of carbonyl (C=O) groups excluding carboxylic acids is 1. The second kappa shape index (κ2) is 8.03. The molecule has 0 saturated heterocycles. The minimum atomic E-state index is -0.419. The van der Waals surface area contributed by atoms with Crippen molar-refractivity contribution in [1.82, 2.24) is 14.7 Å². The predicted octanol–water partition coefficient (Wildman–Crippen LogP) is 3.93. The SMILES string of the molecule is O=C(/C=C/c1ccc(F)cc1)Nc1ccc(-c2nc3ccc([N+](=O)O)cc3n2O)cn1. The predicted molar refractivity (Wildman–Crippen MR) is 109 cm³/mol. The van der Waals surface area contributed by atoms with Crippen LogP contribution in [-0.2, 0) is 4.79 Å². The van der Waals surface area contributed by atoms with Gasteiger partial charge in [0.15, 0.2) is 5.82 Å². The van der Waals surface area contributed by atoms with Crippen LogP contribution in [-0.4, -0.2) is 35.9 Å². The van der Waals surface area contributed by atoms with Crippen molar-refractivity contribution < 1.29 is 24.5 Å². The Kier molecular flexibility index (Phi) is 5.10. The van der Waals surface area contributed by atoms with Gasteiger partial charge in [0.25, 0.3) is 4.92 Å². The van der Waals surface area contributed by atoms with Gasteiger partial charge in [-0.25, -0.2) is 19.6 Å². The smallest absolute Gasteiger partial charge is 0.318 e. The molecule has 3 N–H and O–H groups in total. The van der Waals surface area contributed by atoms with Crippen molar-refractivity contribution in [2.24, 2.45) is 0 Å².